The van der Waals surface area contributed by atoms with Gasteiger partial charge in [-0.05, 0) is 61.9 Å². The Bertz CT molecular complexity index is 1180. The molecule has 0 radical (unpaired) electrons. The minimum Gasteiger partial charge on any atom is -0.495 e. The number of carbonyl (C=O) groups excluding carboxylic acids is 2. The van der Waals surface area contributed by atoms with Gasteiger partial charge in [0.25, 0.3) is 5.91 Å². The van der Waals surface area contributed by atoms with E-state index in [-0.39, 0.29) is 5.70 Å². The fourth-order valence-corrected chi connectivity index (χ4v) is 3.81. The van der Waals surface area contributed by atoms with Crippen LogP contribution < -0.4 is 15.0 Å². The molecule has 152 valence electrons. The summed E-state index contributed by atoms with van der Waals surface area (Å²) in [7, 11) is 1.61. The first-order valence-electron chi connectivity index (χ1n) is 9.35. The molecule has 1 aromatic heterocycles. The van der Waals surface area contributed by atoms with Crippen LogP contribution in [0.3, 0.4) is 0 Å². The van der Waals surface area contributed by atoms with Gasteiger partial charge in [-0.25, -0.2) is 9.69 Å². The number of benzene rings is 2. The zero-order valence-corrected chi connectivity index (χ0v) is 17.5. The molecule has 0 saturated carbocycles. The van der Waals surface area contributed by atoms with Crippen LogP contribution in [0.15, 0.2) is 60.3 Å². The van der Waals surface area contributed by atoms with Crippen molar-refractivity contribution < 1.29 is 14.3 Å². The van der Waals surface area contributed by atoms with Crippen LogP contribution in [0.4, 0.5) is 10.5 Å². The fraction of sp³-hybridized carbons (Fsp3) is 0.130. The number of methoxy groups -OCH3 is 1. The smallest absolute Gasteiger partial charge is 0.333 e. The van der Waals surface area contributed by atoms with E-state index >= 15 is 0 Å². The average molecular weight is 422 g/mol. The summed E-state index contributed by atoms with van der Waals surface area (Å²) in [5.74, 6) is 0.289. The first-order valence-corrected chi connectivity index (χ1v) is 9.73. The molecule has 4 rings (SSSR count). The van der Waals surface area contributed by atoms with E-state index in [1.165, 1.54) is 0 Å². The molecule has 1 N–H and O–H groups in total. The summed E-state index contributed by atoms with van der Waals surface area (Å²) in [6, 6.07) is 15.7. The lowest BCUT2D eigenvalue weighted by molar-refractivity contribution is -0.113. The number of nitrogens with zero attached hydrogens (tertiary/aromatic N) is 2. The molecule has 0 spiro atoms. The Hall–Kier alpha value is -3.51. The van der Waals surface area contributed by atoms with E-state index in [1.807, 2.05) is 42.7 Å². The van der Waals surface area contributed by atoms with Gasteiger partial charge in [-0.3, -0.25) is 4.79 Å². The summed E-state index contributed by atoms with van der Waals surface area (Å²) in [4.78, 5) is 26.4. The van der Waals surface area contributed by atoms with E-state index in [0.717, 1.165) is 27.5 Å². The molecule has 1 aliphatic heterocycles. The van der Waals surface area contributed by atoms with Gasteiger partial charge < -0.3 is 14.6 Å². The van der Waals surface area contributed by atoms with Crippen molar-refractivity contribution in [3.63, 3.8) is 0 Å². The van der Waals surface area contributed by atoms with E-state index in [1.54, 1.807) is 43.5 Å². The number of para-hydroxylation sites is 1. The molecule has 30 heavy (non-hydrogen) atoms. The summed E-state index contributed by atoms with van der Waals surface area (Å²) in [6.45, 7) is 3.90. The third-order valence-corrected chi connectivity index (χ3v) is 5.28. The van der Waals surface area contributed by atoms with Gasteiger partial charge in [0.05, 0.1) is 18.5 Å². The van der Waals surface area contributed by atoms with Gasteiger partial charge in [0.1, 0.15) is 11.4 Å². The van der Waals surface area contributed by atoms with Crippen LogP contribution in [0.5, 0.6) is 5.75 Å². The number of amides is 3. The van der Waals surface area contributed by atoms with E-state index < -0.39 is 11.9 Å². The molecule has 0 atom stereocenters. The molecule has 0 unspecified atom stereocenters. The van der Waals surface area contributed by atoms with Crippen molar-refractivity contribution in [1.82, 2.24) is 9.88 Å². The van der Waals surface area contributed by atoms with Crippen LogP contribution in [0.2, 0.25) is 5.02 Å². The minimum absolute atomic E-state index is 0.224. The summed E-state index contributed by atoms with van der Waals surface area (Å²) in [5.41, 5.74) is 4.20. The monoisotopic (exact) mass is 421 g/mol. The van der Waals surface area contributed by atoms with Gasteiger partial charge in [-0.1, -0.05) is 29.8 Å². The van der Waals surface area contributed by atoms with E-state index in [4.69, 9.17) is 16.3 Å². The molecular formula is C23H20ClN3O3. The molecule has 3 amide bonds. The number of ether oxygens (including phenoxy) is 1. The second-order valence-corrected chi connectivity index (χ2v) is 7.38. The maximum Gasteiger partial charge on any atom is 0.333 e. The molecule has 1 aliphatic rings. The quantitative estimate of drug-likeness (QED) is 0.483. The van der Waals surface area contributed by atoms with Crippen molar-refractivity contribution in [3.8, 4) is 11.4 Å². The zero-order chi connectivity index (χ0) is 21.4. The number of hydrogen-bond acceptors (Lipinski definition) is 3. The minimum atomic E-state index is -0.470. The second kappa shape index (κ2) is 7.72. The van der Waals surface area contributed by atoms with Gasteiger partial charge in [0, 0.05) is 16.4 Å². The Kier molecular flexibility index (Phi) is 5.10. The highest BCUT2D eigenvalue weighted by Crippen LogP contribution is 2.31. The second-order valence-electron chi connectivity index (χ2n) is 6.94. The van der Waals surface area contributed by atoms with Crippen molar-refractivity contribution in [3.05, 3.63) is 82.3 Å². The summed E-state index contributed by atoms with van der Waals surface area (Å²) in [5, 5.41) is 3.26. The third kappa shape index (κ3) is 3.35. The molecule has 2 heterocycles. The number of nitrogens with one attached hydrogen (secondary N) is 1. The normalized spacial score (nSPS) is 15.1. The van der Waals surface area contributed by atoms with Gasteiger partial charge in [0.2, 0.25) is 0 Å². The highest BCUT2D eigenvalue weighted by Gasteiger charge is 2.35. The number of urea groups is 1. The number of hydrogen-bond donors (Lipinski definition) is 1. The van der Waals surface area contributed by atoms with Gasteiger partial charge >= 0.3 is 6.03 Å². The Labute approximate surface area is 179 Å². The molecule has 2 aromatic carbocycles. The van der Waals surface area contributed by atoms with Crippen LogP contribution in [-0.4, -0.2) is 23.6 Å². The topological polar surface area (TPSA) is 63.6 Å². The Morgan fingerprint density at radius 2 is 1.77 bits per heavy atom. The number of aromatic nitrogens is 1. The zero-order valence-electron chi connectivity index (χ0n) is 16.8. The van der Waals surface area contributed by atoms with Crippen molar-refractivity contribution in [2.24, 2.45) is 0 Å². The van der Waals surface area contributed by atoms with Crippen molar-refractivity contribution in [2.45, 2.75) is 13.8 Å². The Balaban J connectivity index is 1.75. The van der Waals surface area contributed by atoms with Crippen molar-refractivity contribution in [2.75, 3.05) is 12.0 Å². The third-order valence-electron chi connectivity index (χ3n) is 5.04. The maximum absolute atomic E-state index is 12.9. The number of anilines is 1. The number of aryl methyl sites for hydroxylation is 1. The molecule has 7 heteroatoms. The number of carbonyl (C=O) groups is 2. The largest absolute Gasteiger partial charge is 0.495 e. The van der Waals surface area contributed by atoms with Crippen molar-refractivity contribution >= 4 is 35.3 Å². The van der Waals surface area contributed by atoms with Gasteiger partial charge in [-0.15, -0.1) is 0 Å². The SMILES string of the molecule is COc1ccc(Cl)cc1-n1c(C)cc(/C=C2/NC(=O)N(c3ccccc3)C2=O)c1C. The van der Waals surface area contributed by atoms with Gasteiger partial charge in [0.15, 0.2) is 0 Å². The Morgan fingerprint density at radius 3 is 2.47 bits per heavy atom. The average Bonchev–Trinajstić information content (AvgIpc) is 3.17. The number of imide groups is 1. The highest BCUT2D eigenvalue weighted by molar-refractivity contribution is 6.30. The van der Waals surface area contributed by atoms with Crippen LogP contribution >= 0.6 is 11.6 Å². The molecular weight excluding hydrogens is 402 g/mol. The summed E-state index contributed by atoms with van der Waals surface area (Å²) in [6.07, 6.45) is 1.69. The molecule has 3 aromatic rings. The number of rotatable bonds is 4. The summed E-state index contributed by atoms with van der Waals surface area (Å²) >= 11 is 6.20. The van der Waals surface area contributed by atoms with Crippen LogP contribution in [0.1, 0.15) is 17.0 Å². The lowest BCUT2D eigenvalue weighted by Crippen LogP contribution is -2.30. The van der Waals surface area contributed by atoms with Gasteiger partial charge in [-0.2, -0.15) is 0 Å². The molecule has 0 bridgehead atoms. The lowest BCUT2D eigenvalue weighted by Gasteiger charge is -2.14. The van der Waals surface area contributed by atoms with E-state index in [9.17, 15) is 9.59 Å². The van der Waals surface area contributed by atoms with Crippen molar-refractivity contribution in [1.29, 1.82) is 0 Å². The van der Waals surface area contributed by atoms with Crippen LogP contribution in [0.25, 0.3) is 11.8 Å². The standard InChI is InChI=1S/C23H20ClN3O3/c1-14-11-16(15(2)26(14)20-13-17(24)9-10-21(20)30-3)12-19-22(28)27(23(29)25-19)18-7-5-4-6-8-18/h4-13H,1-3H3,(H,25,29)/b19-12+. The highest BCUT2D eigenvalue weighted by atomic mass is 35.5. The van der Waals surface area contributed by atoms with Crippen LogP contribution in [-0.2, 0) is 4.79 Å². The molecule has 6 nitrogen and oxygen atoms in total. The van der Waals surface area contributed by atoms with Crippen LogP contribution in [0, 0.1) is 13.8 Å². The molecule has 1 fully saturated rings. The number of halogens is 1. The van der Waals surface area contributed by atoms with E-state index in [0.29, 0.717) is 16.5 Å². The lowest BCUT2D eigenvalue weighted by atomic mass is 10.2. The predicted molar refractivity (Wildman–Crippen MR) is 117 cm³/mol. The maximum atomic E-state index is 12.9. The fourth-order valence-electron chi connectivity index (χ4n) is 3.64. The summed E-state index contributed by atoms with van der Waals surface area (Å²) < 4.78 is 7.50. The predicted octanol–water partition coefficient (Wildman–Crippen LogP) is 4.85. The first kappa shape index (κ1) is 19.8. The first-order chi connectivity index (χ1) is 14.4. The van der Waals surface area contributed by atoms with E-state index in [2.05, 4.69) is 5.32 Å². The molecule has 0 aliphatic carbocycles. The Morgan fingerprint density at radius 1 is 1.03 bits per heavy atom. The molecule has 1 saturated heterocycles.